The summed E-state index contributed by atoms with van der Waals surface area (Å²) in [5, 5.41) is 3.40. The number of sulfone groups is 1. The number of nitrogens with one attached hydrogen (secondary N) is 1. The number of hydrogen-bond donors (Lipinski definition) is 2. The van der Waals surface area contributed by atoms with Crippen LogP contribution in [-0.2, 0) is 9.84 Å². The van der Waals surface area contributed by atoms with Crippen molar-refractivity contribution in [3.8, 4) is 0 Å². The largest absolute Gasteiger partial charge is 0.378 e. The molecule has 4 nitrogen and oxygen atoms in total. The predicted octanol–water partition coefficient (Wildman–Crippen LogP) is 1.77. The van der Waals surface area contributed by atoms with Crippen LogP contribution in [0.5, 0.6) is 0 Å². The number of anilines is 1. The molecule has 2 rings (SSSR count). The van der Waals surface area contributed by atoms with E-state index >= 15 is 0 Å². The predicted molar refractivity (Wildman–Crippen MR) is 77.4 cm³/mol. The van der Waals surface area contributed by atoms with Crippen molar-refractivity contribution in [3.05, 3.63) is 28.7 Å². The van der Waals surface area contributed by atoms with Gasteiger partial charge in [-0.3, -0.25) is 0 Å². The molecule has 1 aliphatic heterocycles. The average Bonchev–Trinajstić information content (AvgIpc) is 2.35. The van der Waals surface area contributed by atoms with E-state index < -0.39 is 9.84 Å². The Balaban J connectivity index is 2.12. The Bertz CT molecular complexity index is 499. The summed E-state index contributed by atoms with van der Waals surface area (Å²) in [6, 6.07) is 7.83. The molecule has 3 N–H and O–H groups in total. The zero-order valence-electron chi connectivity index (χ0n) is 10.0. The highest BCUT2D eigenvalue weighted by Crippen LogP contribution is 2.28. The zero-order chi connectivity index (χ0) is 13.2. The van der Waals surface area contributed by atoms with Crippen LogP contribution >= 0.6 is 15.9 Å². The molecular weight excluding hydrogens is 316 g/mol. The normalized spacial score (nSPS) is 21.4. The van der Waals surface area contributed by atoms with Crippen LogP contribution in [-0.4, -0.2) is 32.0 Å². The van der Waals surface area contributed by atoms with E-state index in [1.807, 2.05) is 24.3 Å². The highest BCUT2D eigenvalue weighted by Gasteiger charge is 2.36. The number of nitrogens with two attached hydrogens (primary N) is 1. The lowest BCUT2D eigenvalue weighted by Crippen LogP contribution is -2.51. The smallest absolute Gasteiger partial charge is 0.150 e. The first kappa shape index (κ1) is 13.8. The molecule has 0 aliphatic carbocycles. The minimum atomic E-state index is -2.87. The van der Waals surface area contributed by atoms with Gasteiger partial charge in [0.05, 0.1) is 17.0 Å². The minimum Gasteiger partial charge on any atom is -0.378 e. The summed E-state index contributed by atoms with van der Waals surface area (Å²) >= 11 is 3.38. The van der Waals surface area contributed by atoms with Gasteiger partial charge in [0.15, 0.2) is 9.84 Å². The lowest BCUT2D eigenvalue weighted by Gasteiger charge is -2.37. The summed E-state index contributed by atoms with van der Waals surface area (Å²) < 4.78 is 24.0. The van der Waals surface area contributed by atoms with Crippen molar-refractivity contribution in [1.29, 1.82) is 0 Å². The fourth-order valence-corrected chi connectivity index (χ4v) is 4.02. The molecule has 1 fully saturated rings. The highest BCUT2D eigenvalue weighted by atomic mass is 79.9. The first-order chi connectivity index (χ1) is 8.45. The average molecular weight is 333 g/mol. The van der Waals surface area contributed by atoms with Gasteiger partial charge in [-0.25, -0.2) is 8.42 Å². The van der Waals surface area contributed by atoms with E-state index in [-0.39, 0.29) is 17.0 Å². The Morgan fingerprint density at radius 2 is 1.78 bits per heavy atom. The molecule has 0 saturated carbocycles. The Kier molecular flexibility index (Phi) is 3.99. The summed E-state index contributed by atoms with van der Waals surface area (Å²) in [6.07, 6.45) is 1.14. The molecular formula is C12H17BrN2O2S. The van der Waals surface area contributed by atoms with Crippen molar-refractivity contribution in [3.63, 3.8) is 0 Å². The van der Waals surface area contributed by atoms with E-state index in [4.69, 9.17) is 5.73 Å². The molecule has 0 bridgehead atoms. The minimum absolute atomic E-state index is 0.216. The standard InChI is InChI=1S/C12H17BrN2O2S/c13-10-1-3-11(4-2-10)15-12(9-14)5-7-18(16,17)8-6-12/h1-4,15H,5-9,14H2. The Labute approximate surface area is 116 Å². The van der Waals surface area contributed by atoms with Gasteiger partial charge < -0.3 is 11.1 Å². The maximum Gasteiger partial charge on any atom is 0.150 e. The van der Waals surface area contributed by atoms with Gasteiger partial charge in [0.25, 0.3) is 0 Å². The van der Waals surface area contributed by atoms with Crippen LogP contribution in [0.1, 0.15) is 12.8 Å². The third kappa shape index (κ3) is 3.24. The molecule has 0 radical (unpaired) electrons. The van der Waals surface area contributed by atoms with Gasteiger partial charge in [-0.2, -0.15) is 0 Å². The zero-order valence-corrected chi connectivity index (χ0v) is 12.4. The van der Waals surface area contributed by atoms with E-state index in [0.717, 1.165) is 10.2 Å². The molecule has 0 aromatic heterocycles. The first-order valence-corrected chi connectivity index (χ1v) is 8.50. The fourth-order valence-electron chi connectivity index (χ4n) is 2.15. The summed E-state index contributed by atoms with van der Waals surface area (Å²) in [6.45, 7) is 0.443. The molecule has 0 spiro atoms. The van der Waals surface area contributed by atoms with Crippen molar-refractivity contribution in [2.45, 2.75) is 18.4 Å². The van der Waals surface area contributed by atoms with Crippen molar-refractivity contribution >= 4 is 31.5 Å². The van der Waals surface area contributed by atoms with Gasteiger partial charge in [0.2, 0.25) is 0 Å². The molecule has 0 amide bonds. The van der Waals surface area contributed by atoms with Crippen LogP contribution in [0.3, 0.4) is 0 Å². The summed E-state index contributed by atoms with van der Waals surface area (Å²) in [4.78, 5) is 0. The third-order valence-electron chi connectivity index (χ3n) is 3.43. The molecule has 1 heterocycles. The SMILES string of the molecule is NCC1(Nc2ccc(Br)cc2)CCS(=O)(=O)CC1. The third-order valence-corrected chi connectivity index (χ3v) is 5.61. The second kappa shape index (κ2) is 5.19. The maximum atomic E-state index is 11.5. The number of halogens is 1. The lowest BCUT2D eigenvalue weighted by molar-refractivity contribution is 0.426. The molecule has 0 atom stereocenters. The molecule has 1 saturated heterocycles. The molecule has 0 unspecified atom stereocenters. The fraction of sp³-hybridized carbons (Fsp3) is 0.500. The van der Waals surface area contributed by atoms with E-state index in [9.17, 15) is 8.42 Å². The Morgan fingerprint density at radius 3 is 2.28 bits per heavy atom. The molecule has 1 aromatic rings. The van der Waals surface area contributed by atoms with Crippen molar-refractivity contribution in [2.24, 2.45) is 5.73 Å². The van der Waals surface area contributed by atoms with Gasteiger partial charge in [-0.1, -0.05) is 15.9 Å². The van der Waals surface area contributed by atoms with Crippen LogP contribution in [0.4, 0.5) is 5.69 Å². The lowest BCUT2D eigenvalue weighted by atomic mass is 9.92. The van der Waals surface area contributed by atoms with Crippen molar-refractivity contribution < 1.29 is 8.42 Å². The van der Waals surface area contributed by atoms with E-state index in [0.29, 0.717) is 19.4 Å². The second-order valence-electron chi connectivity index (χ2n) is 4.77. The maximum absolute atomic E-state index is 11.5. The van der Waals surface area contributed by atoms with Gasteiger partial charge >= 0.3 is 0 Å². The van der Waals surface area contributed by atoms with Gasteiger partial charge in [0, 0.05) is 16.7 Å². The summed E-state index contributed by atoms with van der Waals surface area (Å²) in [5.74, 6) is 0.432. The van der Waals surface area contributed by atoms with Crippen LogP contribution in [0.2, 0.25) is 0 Å². The topological polar surface area (TPSA) is 72.2 Å². The molecule has 1 aliphatic rings. The van der Waals surface area contributed by atoms with Gasteiger partial charge in [0.1, 0.15) is 0 Å². The quantitative estimate of drug-likeness (QED) is 0.884. The molecule has 18 heavy (non-hydrogen) atoms. The van der Waals surface area contributed by atoms with Gasteiger partial charge in [-0.15, -0.1) is 0 Å². The van der Waals surface area contributed by atoms with E-state index in [2.05, 4.69) is 21.2 Å². The Morgan fingerprint density at radius 1 is 1.22 bits per heavy atom. The van der Waals surface area contributed by atoms with Crippen molar-refractivity contribution in [2.75, 3.05) is 23.4 Å². The number of hydrogen-bond acceptors (Lipinski definition) is 4. The van der Waals surface area contributed by atoms with Crippen LogP contribution in [0.15, 0.2) is 28.7 Å². The van der Waals surface area contributed by atoms with E-state index in [1.165, 1.54) is 0 Å². The molecule has 1 aromatic carbocycles. The summed E-state index contributed by atoms with van der Waals surface area (Å²) in [5.41, 5.74) is 6.52. The first-order valence-electron chi connectivity index (χ1n) is 5.89. The van der Waals surface area contributed by atoms with Crippen LogP contribution in [0.25, 0.3) is 0 Å². The number of benzene rings is 1. The molecule has 100 valence electrons. The molecule has 6 heteroatoms. The Hall–Kier alpha value is -0.590. The monoisotopic (exact) mass is 332 g/mol. The van der Waals surface area contributed by atoms with Gasteiger partial charge in [-0.05, 0) is 37.1 Å². The van der Waals surface area contributed by atoms with Crippen LogP contribution in [0, 0.1) is 0 Å². The number of rotatable bonds is 3. The van der Waals surface area contributed by atoms with E-state index in [1.54, 1.807) is 0 Å². The summed E-state index contributed by atoms with van der Waals surface area (Å²) in [7, 11) is -2.87. The highest BCUT2D eigenvalue weighted by molar-refractivity contribution is 9.10. The van der Waals surface area contributed by atoms with Crippen molar-refractivity contribution in [1.82, 2.24) is 0 Å². The van der Waals surface area contributed by atoms with Crippen LogP contribution < -0.4 is 11.1 Å². The second-order valence-corrected chi connectivity index (χ2v) is 7.99.